The van der Waals surface area contributed by atoms with Gasteiger partial charge in [-0.1, -0.05) is 48.5 Å². The maximum Gasteiger partial charge on any atom is 0.256 e. The van der Waals surface area contributed by atoms with Gasteiger partial charge in [0.15, 0.2) is 5.66 Å². The fraction of sp³-hybridized carbons (Fsp3) is 0.190. The average molecular weight is 330 g/mol. The molecule has 0 bridgehead atoms. The highest BCUT2D eigenvalue weighted by Crippen LogP contribution is 2.49. The van der Waals surface area contributed by atoms with E-state index in [1.54, 1.807) is 7.11 Å². The van der Waals surface area contributed by atoms with Crippen LogP contribution in [-0.4, -0.2) is 31.0 Å². The van der Waals surface area contributed by atoms with Gasteiger partial charge in [-0.25, -0.2) is 0 Å². The monoisotopic (exact) mass is 330 g/mol. The lowest BCUT2D eigenvalue weighted by atomic mass is 9.87. The molecule has 2 heterocycles. The molecule has 4 heteroatoms. The molecule has 1 atom stereocenters. The van der Waals surface area contributed by atoms with Crippen LogP contribution in [0.1, 0.15) is 21.5 Å². The molecular formula is C21H18N2O2. The van der Waals surface area contributed by atoms with E-state index in [-0.39, 0.29) is 5.91 Å². The van der Waals surface area contributed by atoms with E-state index in [0.29, 0.717) is 6.54 Å². The maximum absolute atomic E-state index is 13.1. The quantitative estimate of drug-likeness (QED) is 0.785. The van der Waals surface area contributed by atoms with Crippen molar-refractivity contribution >= 4 is 16.7 Å². The Kier molecular flexibility index (Phi) is 2.94. The normalized spacial score (nSPS) is 21.5. The highest BCUT2D eigenvalue weighted by molar-refractivity contribution is 6.03. The first-order chi connectivity index (χ1) is 12.3. The summed E-state index contributed by atoms with van der Waals surface area (Å²) in [5.74, 6) is 0.808. The van der Waals surface area contributed by atoms with Crippen molar-refractivity contribution in [2.75, 3.05) is 20.2 Å². The number of hydrogen-bond donors (Lipinski definition) is 1. The SMILES string of the molecule is COc1cccc2c1C1(c3cccc4ccccc34)NCCN1C2=O. The van der Waals surface area contributed by atoms with Crippen LogP contribution in [-0.2, 0) is 5.66 Å². The Bertz CT molecular complexity index is 1010. The first-order valence-electron chi connectivity index (χ1n) is 8.50. The fourth-order valence-electron chi connectivity index (χ4n) is 4.40. The molecule has 0 spiro atoms. The molecule has 3 aromatic rings. The molecule has 1 fully saturated rings. The molecule has 1 unspecified atom stereocenters. The Hall–Kier alpha value is -2.85. The zero-order chi connectivity index (χ0) is 17.0. The molecule has 3 aromatic carbocycles. The summed E-state index contributed by atoms with van der Waals surface area (Å²) in [6, 6.07) is 20.3. The summed E-state index contributed by atoms with van der Waals surface area (Å²) in [6.07, 6.45) is 0. The lowest BCUT2D eigenvalue weighted by molar-refractivity contribution is 0.0695. The number of ether oxygens (including phenoxy) is 1. The zero-order valence-electron chi connectivity index (χ0n) is 14.0. The Balaban J connectivity index is 1.90. The molecule has 1 saturated heterocycles. The van der Waals surface area contributed by atoms with Crippen LogP contribution in [0.2, 0.25) is 0 Å². The van der Waals surface area contributed by atoms with Crippen molar-refractivity contribution in [3.63, 3.8) is 0 Å². The number of nitrogens with zero attached hydrogens (tertiary/aromatic N) is 1. The molecule has 0 aromatic heterocycles. The van der Waals surface area contributed by atoms with Crippen molar-refractivity contribution in [2.45, 2.75) is 5.66 Å². The maximum atomic E-state index is 13.1. The van der Waals surface area contributed by atoms with Gasteiger partial charge in [-0.15, -0.1) is 0 Å². The smallest absolute Gasteiger partial charge is 0.256 e. The van der Waals surface area contributed by atoms with E-state index in [1.165, 1.54) is 5.39 Å². The summed E-state index contributed by atoms with van der Waals surface area (Å²) in [4.78, 5) is 15.0. The lowest BCUT2D eigenvalue weighted by Crippen LogP contribution is -2.47. The van der Waals surface area contributed by atoms with Crippen molar-refractivity contribution in [3.05, 3.63) is 77.4 Å². The van der Waals surface area contributed by atoms with Gasteiger partial charge in [-0.3, -0.25) is 10.1 Å². The van der Waals surface area contributed by atoms with Gasteiger partial charge < -0.3 is 9.64 Å². The number of carbonyl (C=O) groups is 1. The largest absolute Gasteiger partial charge is 0.496 e. The number of amides is 1. The summed E-state index contributed by atoms with van der Waals surface area (Å²) in [6.45, 7) is 1.44. The van der Waals surface area contributed by atoms with Gasteiger partial charge in [-0.2, -0.15) is 0 Å². The van der Waals surface area contributed by atoms with Crippen molar-refractivity contribution < 1.29 is 9.53 Å². The van der Waals surface area contributed by atoms with Crippen LogP contribution in [0.3, 0.4) is 0 Å². The molecule has 4 nitrogen and oxygen atoms in total. The molecule has 2 aliphatic rings. The van der Waals surface area contributed by atoms with Gasteiger partial charge in [0.2, 0.25) is 0 Å². The molecule has 124 valence electrons. The Morgan fingerprint density at radius 2 is 1.84 bits per heavy atom. The predicted molar refractivity (Wildman–Crippen MR) is 96.8 cm³/mol. The molecule has 5 rings (SSSR count). The lowest BCUT2D eigenvalue weighted by Gasteiger charge is -2.35. The third kappa shape index (κ3) is 1.72. The van der Waals surface area contributed by atoms with Gasteiger partial charge in [0.25, 0.3) is 5.91 Å². The molecule has 0 saturated carbocycles. The second-order valence-corrected chi connectivity index (χ2v) is 6.50. The minimum Gasteiger partial charge on any atom is -0.496 e. The molecule has 2 aliphatic heterocycles. The number of fused-ring (bicyclic) bond motifs is 4. The fourth-order valence-corrected chi connectivity index (χ4v) is 4.40. The number of benzene rings is 3. The van der Waals surface area contributed by atoms with E-state index in [2.05, 4.69) is 35.6 Å². The number of nitrogens with one attached hydrogen (secondary N) is 1. The minimum absolute atomic E-state index is 0.0619. The second kappa shape index (κ2) is 5.07. The summed E-state index contributed by atoms with van der Waals surface area (Å²) in [5.41, 5.74) is 2.08. The number of hydrogen-bond acceptors (Lipinski definition) is 3. The molecule has 1 amide bonds. The van der Waals surface area contributed by atoms with Crippen LogP contribution in [0.25, 0.3) is 10.8 Å². The summed E-state index contributed by atoms with van der Waals surface area (Å²) in [7, 11) is 1.66. The third-order valence-electron chi connectivity index (χ3n) is 5.38. The third-order valence-corrected chi connectivity index (χ3v) is 5.38. The number of carbonyl (C=O) groups excluding carboxylic acids is 1. The Labute approximate surface area is 146 Å². The standard InChI is InChI=1S/C21H18N2O2/c1-25-18-11-5-9-16-19(18)21(22-12-13-23(21)20(16)24)17-10-4-7-14-6-2-3-8-15(14)17/h2-11,22H,12-13H2,1H3. The van der Waals surface area contributed by atoms with Gasteiger partial charge in [-0.05, 0) is 22.9 Å². The van der Waals surface area contributed by atoms with E-state index < -0.39 is 5.66 Å². The van der Waals surface area contributed by atoms with E-state index in [1.807, 2.05) is 35.2 Å². The van der Waals surface area contributed by atoms with Crippen LogP contribution in [0.4, 0.5) is 0 Å². The van der Waals surface area contributed by atoms with Crippen LogP contribution in [0, 0.1) is 0 Å². The average Bonchev–Trinajstić information content (AvgIpc) is 3.20. The predicted octanol–water partition coefficient (Wildman–Crippen LogP) is 3.11. The van der Waals surface area contributed by atoms with E-state index >= 15 is 0 Å². The Morgan fingerprint density at radius 1 is 1.04 bits per heavy atom. The molecule has 25 heavy (non-hydrogen) atoms. The van der Waals surface area contributed by atoms with Gasteiger partial charge in [0.1, 0.15) is 5.75 Å². The topological polar surface area (TPSA) is 41.6 Å². The van der Waals surface area contributed by atoms with Crippen LogP contribution >= 0.6 is 0 Å². The Morgan fingerprint density at radius 3 is 2.72 bits per heavy atom. The van der Waals surface area contributed by atoms with E-state index in [9.17, 15) is 4.79 Å². The summed E-state index contributed by atoms with van der Waals surface area (Å²) >= 11 is 0. The van der Waals surface area contributed by atoms with Crippen LogP contribution in [0.15, 0.2) is 60.7 Å². The number of rotatable bonds is 2. The van der Waals surface area contributed by atoms with Gasteiger partial charge >= 0.3 is 0 Å². The highest BCUT2D eigenvalue weighted by atomic mass is 16.5. The highest BCUT2D eigenvalue weighted by Gasteiger charge is 2.55. The zero-order valence-corrected chi connectivity index (χ0v) is 14.0. The van der Waals surface area contributed by atoms with Crippen molar-refractivity contribution in [1.29, 1.82) is 0 Å². The van der Waals surface area contributed by atoms with E-state index in [4.69, 9.17) is 4.74 Å². The van der Waals surface area contributed by atoms with Crippen molar-refractivity contribution in [2.24, 2.45) is 0 Å². The van der Waals surface area contributed by atoms with E-state index in [0.717, 1.165) is 34.4 Å². The second-order valence-electron chi connectivity index (χ2n) is 6.50. The molecular weight excluding hydrogens is 312 g/mol. The van der Waals surface area contributed by atoms with Crippen LogP contribution < -0.4 is 10.1 Å². The molecule has 1 N–H and O–H groups in total. The first-order valence-corrected chi connectivity index (χ1v) is 8.50. The first kappa shape index (κ1) is 14.5. The summed E-state index contributed by atoms with van der Waals surface area (Å²) in [5, 5.41) is 5.94. The van der Waals surface area contributed by atoms with Crippen molar-refractivity contribution in [3.8, 4) is 5.75 Å². The molecule has 0 aliphatic carbocycles. The van der Waals surface area contributed by atoms with Gasteiger partial charge in [0, 0.05) is 18.7 Å². The minimum atomic E-state index is -0.667. The summed E-state index contributed by atoms with van der Waals surface area (Å²) < 4.78 is 5.65. The van der Waals surface area contributed by atoms with Crippen LogP contribution in [0.5, 0.6) is 5.75 Å². The van der Waals surface area contributed by atoms with Crippen molar-refractivity contribution in [1.82, 2.24) is 10.2 Å². The molecule has 0 radical (unpaired) electrons. The number of methoxy groups -OCH3 is 1. The van der Waals surface area contributed by atoms with Gasteiger partial charge in [0.05, 0.1) is 18.2 Å².